The molecular weight excluding hydrogens is 304 g/mol. The third kappa shape index (κ3) is 3.52. The summed E-state index contributed by atoms with van der Waals surface area (Å²) in [7, 11) is 1.59. The van der Waals surface area contributed by atoms with Gasteiger partial charge in [0.05, 0.1) is 18.7 Å². The van der Waals surface area contributed by atoms with Crippen LogP contribution in [0.3, 0.4) is 0 Å². The molecule has 1 aromatic heterocycles. The maximum atomic E-state index is 12.2. The van der Waals surface area contributed by atoms with Gasteiger partial charge in [-0.1, -0.05) is 36.4 Å². The van der Waals surface area contributed by atoms with Crippen molar-refractivity contribution in [2.75, 3.05) is 13.7 Å². The maximum absolute atomic E-state index is 12.2. The van der Waals surface area contributed by atoms with E-state index >= 15 is 0 Å². The van der Waals surface area contributed by atoms with Crippen LogP contribution in [0.25, 0.3) is 10.9 Å². The van der Waals surface area contributed by atoms with E-state index in [-0.39, 0.29) is 12.5 Å². The molecule has 5 nitrogen and oxygen atoms in total. The van der Waals surface area contributed by atoms with Crippen molar-refractivity contribution in [1.29, 1.82) is 0 Å². The van der Waals surface area contributed by atoms with Gasteiger partial charge < -0.3 is 15.2 Å². The Kier molecular flexibility index (Phi) is 4.72. The molecule has 122 valence electrons. The second kappa shape index (κ2) is 7.10. The van der Waals surface area contributed by atoms with Crippen LogP contribution in [0.5, 0.6) is 5.75 Å². The highest BCUT2D eigenvalue weighted by atomic mass is 16.5. The monoisotopic (exact) mass is 322 g/mol. The number of benzene rings is 2. The van der Waals surface area contributed by atoms with Gasteiger partial charge in [0.15, 0.2) is 0 Å². The van der Waals surface area contributed by atoms with Gasteiger partial charge in [0.2, 0.25) is 0 Å². The minimum atomic E-state index is -0.791. The predicted molar refractivity (Wildman–Crippen MR) is 92.0 cm³/mol. The number of fused-ring (bicyclic) bond motifs is 1. The molecule has 0 radical (unpaired) electrons. The highest BCUT2D eigenvalue weighted by molar-refractivity contribution is 5.94. The van der Waals surface area contributed by atoms with Crippen LogP contribution in [0.2, 0.25) is 0 Å². The van der Waals surface area contributed by atoms with Crippen molar-refractivity contribution in [3.8, 4) is 5.75 Å². The van der Waals surface area contributed by atoms with E-state index in [1.54, 1.807) is 37.4 Å². The highest BCUT2D eigenvalue weighted by Crippen LogP contribution is 2.17. The zero-order chi connectivity index (χ0) is 16.9. The number of aromatic nitrogens is 1. The SMILES string of the molecule is COc1ccc([C@H](O)CNC(=O)c2ccc3ccccc3n2)cc1. The molecule has 0 fully saturated rings. The summed E-state index contributed by atoms with van der Waals surface area (Å²) >= 11 is 0. The molecule has 0 saturated carbocycles. The quantitative estimate of drug-likeness (QED) is 0.757. The van der Waals surface area contributed by atoms with Gasteiger partial charge in [-0.2, -0.15) is 0 Å². The molecule has 24 heavy (non-hydrogen) atoms. The van der Waals surface area contributed by atoms with E-state index in [0.29, 0.717) is 11.3 Å². The van der Waals surface area contributed by atoms with Crippen molar-refractivity contribution in [3.63, 3.8) is 0 Å². The third-order valence-corrected chi connectivity index (χ3v) is 3.79. The van der Waals surface area contributed by atoms with Crippen LogP contribution in [0.15, 0.2) is 60.7 Å². The van der Waals surface area contributed by atoms with Crippen molar-refractivity contribution in [1.82, 2.24) is 10.3 Å². The Bertz CT molecular complexity index is 847. The number of ether oxygens (including phenoxy) is 1. The molecule has 3 aromatic rings. The van der Waals surface area contributed by atoms with Crippen molar-refractivity contribution in [3.05, 3.63) is 71.9 Å². The topological polar surface area (TPSA) is 71.5 Å². The van der Waals surface area contributed by atoms with Crippen LogP contribution in [0.4, 0.5) is 0 Å². The number of pyridine rings is 1. The van der Waals surface area contributed by atoms with E-state index in [1.165, 1.54) is 0 Å². The predicted octanol–water partition coefficient (Wildman–Crippen LogP) is 2.71. The number of rotatable bonds is 5. The Labute approximate surface area is 139 Å². The van der Waals surface area contributed by atoms with E-state index in [2.05, 4.69) is 10.3 Å². The Morgan fingerprint density at radius 2 is 1.88 bits per heavy atom. The first-order chi connectivity index (χ1) is 11.7. The van der Waals surface area contributed by atoms with Crippen LogP contribution < -0.4 is 10.1 Å². The number of carbonyl (C=O) groups excluding carboxylic acids is 1. The summed E-state index contributed by atoms with van der Waals surface area (Å²) in [6, 6.07) is 18.2. The van der Waals surface area contributed by atoms with Crippen LogP contribution >= 0.6 is 0 Å². The Morgan fingerprint density at radius 1 is 1.12 bits per heavy atom. The summed E-state index contributed by atoms with van der Waals surface area (Å²) in [4.78, 5) is 16.6. The highest BCUT2D eigenvalue weighted by Gasteiger charge is 2.12. The first-order valence-electron chi connectivity index (χ1n) is 7.63. The fourth-order valence-electron chi connectivity index (χ4n) is 2.42. The number of methoxy groups -OCH3 is 1. The minimum absolute atomic E-state index is 0.111. The molecule has 0 bridgehead atoms. The van der Waals surface area contributed by atoms with Crippen molar-refractivity contribution in [2.45, 2.75) is 6.10 Å². The lowest BCUT2D eigenvalue weighted by atomic mass is 10.1. The largest absolute Gasteiger partial charge is 0.497 e. The van der Waals surface area contributed by atoms with Gasteiger partial charge in [0, 0.05) is 11.9 Å². The first-order valence-corrected chi connectivity index (χ1v) is 7.63. The summed E-state index contributed by atoms with van der Waals surface area (Å²) in [5.41, 5.74) is 1.80. The molecule has 3 rings (SSSR count). The second-order valence-electron chi connectivity index (χ2n) is 5.39. The van der Waals surface area contributed by atoms with Crippen LogP contribution in [0, 0.1) is 0 Å². The van der Waals surface area contributed by atoms with E-state index < -0.39 is 6.10 Å². The summed E-state index contributed by atoms with van der Waals surface area (Å²) < 4.78 is 5.08. The van der Waals surface area contributed by atoms with Crippen LogP contribution in [-0.4, -0.2) is 29.7 Å². The smallest absolute Gasteiger partial charge is 0.270 e. The van der Waals surface area contributed by atoms with Gasteiger partial charge in [0.25, 0.3) is 5.91 Å². The molecular formula is C19H18N2O3. The standard InChI is InChI=1S/C19H18N2O3/c1-24-15-9-6-14(7-10-15)18(22)12-20-19(23)17-11-8-13-4-2-3-5-16(13)21-17/h2-11,18,22H,12H2,1H3,(H,20,23)/t18-/m1/s1. The van der Waals surface area contributed by atoms with E-state index in [9.17, 15) is 9.90 Å². The molecule has 0 spiro atoms. The zero-order valence-electron chi connectivity index (χ0n) is 13.3. The number of aliphatic hydroxyl groups is 1. The first kappa shape index (κ1) is 16.0. The summed E-state index contributed by atoms with van der Waals surface area (Å²) in [5, 5.41) is 13.9. The number of carbonyl (C=O) groups is 1. The fourth-order valence-corrected chi connectivity index (χ4v) is 2.42. The molecule has 1 atom stereocenters. The lowest BCUT2D eigenvalue weighted by Gasteiger charge is -2.13. The molecule has 1 amide bonds. The van der Waals surface area contributed by atoms with E-state index in [4.69, 9.17) is 4.74 Å². The fraction of sp³-hybridized carbons (Fsp3) is 0.158. The number of hydrogen-bond donors (Lipinski definition) is 2. The Balaban J connectivity index is 1.65. The molecule has 0 aliphatic heterocycles. The van der Waals surface area contributed by atoms with Gasteiger partial charge in [-0.15, -0.1) is 0 Å². The number of aliphatic hydroxyl groups excluding tert-OH is 1. The van der Waals surface area contributed by atoms with E-state index in [0.717, 1.165) is 16.7 Å². The number of amides is 1. The number of nitrogens with zero attached hydrogens (tertiary/aromatic N) is 1. The maximum Gasteiger partial charge on any atom is 0.270 e. The van der Waals surface area contributed by atoms with Crippen LogP contribution in [0.1, 0.15) is 22.2 Å². The van der Waals surface area contributed by atoms with Crippen LogP contribution in [-0.2, 0) is 0 Å². The lowest BCUT2D eigenvalue weighted by molar-refractivity contribution is 0.0911. The molecule has 1 heterocycles. The van der Waals surface area contributed by atoms with Crippen molar-refractivity contribution >= 4 is 16.8 Å². The second-order valence-corrected chi connectivity index (χ2v) is 5.39. The molecule has 5 heteroatoms. The van der Waals surface area contributed by atoms with Crippen molar-refractivity contribution < 1.29 is 14.6 Å². The zero-order valence-corrected chi connectivity index (χ0v) is 13.3. The average Bonchev–Trinajstić information content (AvgIpc) is 2.65. The molecule has 0 aliphatic rings. The average molecular weight is 322 g/mol. The minimum Gasteiger partial charge on any atom is -0.497 e. The van der Waals surface area contributed by atoms with Gasteiger partial charge >= 0.3 is 0 Å². The van der Waals surface area contributed by atoms with Gasteiger partial charge in [-0.25, -0.2) is 4.98 Å². The Morgan fingerprint density at radius 3 is 2.62 bits per heavy atom. The summed E-state index contributed by atoms with van der Waals surface area (Å²) in [6.45, 7) is 0.111. The number of nitrogens with one attached hydrogen (secondary N) is 1. The number of hydrogen-bond acceptors (Lipinski definition) is 4. The van der Waals surface area contributed by atoms with Gasteiger partial charge in [-0.05, 0) is 29.8 Å². The third-order valence-electron chi connectivity index (χ3n) is 3.79. The molecule has 0 unspecified atom stereocenters. The molecule has 0 saturated heterocycles. The van der Waals surface area contributed by atoms with E-state index in [1.807, 2.05) is 30.3 Å². The lowest BCUT2D eigenvalue weighted by Crippen LogP contribution is -2.29. The summed E-state index contributed by atoms with van der Waals surface area (Å²) in [6.07, 6.45) is -0.791. The Hall–Kier alpha value is -2.92. The van der Waals surface area contributed by atoms with Crippen molar-refractivity contribution in [2.24, 2.45) is 0 Å². The van der Waals surface area contributed by atoms with Gasteiger partial charge in [0.1, 0.15) is 11.4 Å². The molecule has 2 N–H and O–H groups in total. The molecule has 2 aromatic carbocycles. The molecule has 0 aliphatic carbocycles. The van der Waals surface area contributed by atoms with Gasteiger partial charge in [-0.3, -0.25) is 4.79 Å². The number of para-hydroxylation sites is 1. The normalized spacial score (nSPS) is 11.9. The summed E-state index contributed by atoms with van der Waals surface area (Å²) in [5.74, 6) is 0.406.